The number of carbonyl (C=O) groups is 2. The zero-order chi connectivity index (χ0) is 19.4. The highest BCUT2D eigenvalue weighted by atomic mass is 16.5. The van der Waals surface area contributed by atoms with Crippen LogP contribution in [0.1, 0.15) is 34.3 Å². The predicted molar refractivity (Wildman–Crippen MR) is 106 cm³/mol. The van der Waals surface area contributed by atoms with Gasteiger partial charge in [-0.05, 0) is 67.8 Å². The van der Waals surface area contributed by atoms with E-state index >= 15 is 0 Å². The van der Waals surface area contributed by atoms with Crippen molar-refractivity contribution in [3.8, 4) is 5.75 Å². The first-order valence-corrected chi connectivity index (χ1v) is 9.31. The molecule has 0 spiro atoms. The minimum absolute atomic E-state index is 0.0571. The van der Waals surface area contributed by atoms with Crippen molar-refractivity contribution in [3.05, 3.63) is 59.2 Å². The van der Waals surface area contributed by atoms with Crippen LogP contribution in [0, 0.1) is 13.8 Å². The van der Waals surface area contributed by atoms with Crippen molar-refractivity contribution in [1.29, 1.82) is 0 Å². The number of carbonyl (C=O) groups excluding carboxylic acids is 2. The Morgan fingerprint density at radius 3 is 2.37 bits per heavy atom. The third-order valence-electron chi connectivity index (χ3n) is 4.74. The topological polar surface area (TPSA) is 49.9 Å². The number of rotatable bonds is 6. The maximum atomic E-state index is 12.6. The number of ether oxygens (including phenoxy) is 1. The molecule has 0 aliphatic carbocycles. The van der Waals surface area contributed by atoms with Gasteiger partial charge in [-0.25, -0.2) is 0 Å². The Labute approximate surface area is 160 Å². The summed E-state index contributed by atoms with van der Waals surface area (Å²) in [5.41, 5.74) is 3.78. The van der Waals surface area contributed by atoms with E-state index in [1.54, 1.807) is 29.0 Å². The van der Waals surface area contributed by atoms with E-state index in [0.717, 1.165) is 35.5 Å². The fourth-order valence-electron chi connectivity index (χ4n) is 3.34. The second-order valence-corrected chi connectivity index (χ2v) is 7.09. The Kier molecular flexibility index (Phi) is 5.79. The second-order valence-electron chi connectivity index (χ2n) is 7.09. The van der Waals surface area contributed by atoms with Crippen LogP contribution in [0.5, 0.6) is 5.75 Å². The molecule has 0 radical (unpaired) electrons. The van der Waals surface area contributed by atoms with E-state index in [-0.39, 0.29) is 11.8 Å². The predicted octanol–water partition coefficient (Wildman–Crippen LogP) is 3.58. The summed E-state index contributed by atoms with van der Waals surface area (Å²) in [7, 11) is 1.77. The molecular formula is C22H26N2O3. The number of hydrogen-bond donors (Lipinski definition) is 0. The molecule has 1 fully saturated rings. The molecule has 0 aromatic heterocycles. The molecule has 0 bridgehead atoms. The molecule has 0 atom stereocenters. The second kappa shape index (κ2) is 8.25. The van der Waals surface area contributed by atoms with Crippen LogP contribution in [0.2, 0.25) is 0 Å². The Balaban J connectivity index is 1.54. The van der Waals surface area contributed by atoms with Crippen LogP contribution < -0.4 is 9.64 Å². The van der Waals surface area contributed by atoms with E-state index in [9.17, 15) is 9.59 Å². The lowest BCUT2D eigenvalue weighted by atomic mass is 10.1. The summed E-state index contributed by atoms with van der Waals surface area (Å²) >= 11 is 0. The van der Waals surface area contributed by atoms with Crippen molar-refractivity contribution >= 4 is 17.5 Å². The fraction of sp³-hybridized carbons (Fsp3) is 0.364. The highest BCUT2D eigenvalue weighted by Crippen LogP contribution is 2.22. The van der Waals surface area contributed by atoms with Crippen LogP contribution in [-0.2, 0) is 4.79 Å². The third kappa shape index (κ3) is 4.67. The molecule has 5 nitrogen and oxygen atoms in total. The number of amides is 2. The summed E-state index contributed by atoms with van der Waals surface area (Å²) in [6.45, 7) is 5.76. The van der Waals surface area contributed by atoms with Gasteiger partial charge in [-0.15, -0.1) is 0 Å². The van der Waals surface area contributed by atoms with Gasteiger partial charge in [-0.3, -0.25) is 9.59 Å². The molecule has 5 heteroatoms. The van der Waals surface area contributed by atoms with Gasteiger partial charge in [-0.1, -0.05) is 6.07 Å². The van der Waals surface area contributed by atoms with E-state index in [0.29, 0.717) is 25.1 Å². The molecular weight excluding hydrogens is 340 g/mol. The summed E-state index contributed by atoms with van der Waals surface area (Å²) in [6, 6.07) is 13.3. The van der Waals surface area contributed by atoms with Crippen LogP contribution >= 0.6 is 0 Å². The van der Waals surface area contributed by atoms with Crippen LogP contribution in [0.3, 0.4) is 0 Å². The van der Waals surface area contributed by atoms with Gasteiger partial charge in [-0.2, -0.15) is 0 Å². The Bertz CT molecular complexity index is 810. The highest BCUT2D eigenvalue weighted by molar-refractivity contribution is 5.97. The van der Waals surface area contributed by atoms with Gasteiger partial charge in [0.25, 0.3) is 5.91 Å². The molecule has 1 aliphatic rings. The van der Waals surface area contributed by atoms with Crippen molar-refractivity contribution in [2.45, 2.75) is 26.7 Å². The molecule has 0 unspecified atom stereocenters. The van der Waals surface area contributed by atoms with E-state index in [2.05, 4.69) is 6.07 Å². The van der Waals surface area contributed by atoms with Crippen LogP contribution in [0.4, 0.5) is 5.69 Å². The standard InChI is InChI=1S/C22H26N2O3/c1-16-13-17(2)15-20(14-16)27-12-11-23(3)22(26)18-6-8-19(9-7-18)24-10-4-5-21(24)25/h6-9,13-15H,4-5,10-12H2,1-3H3. The van der Waals surface area contributed by atoms with Gasteiger partial charge in [0.1, 0.15) is 12.4 Å². The SMILES string of the molecule is Cc1cc(C)cc(OCCN(C)C(=O)c2ccc(N3CCCC3=O)cc2)c1. The van der Waals surface area contributed by atoms with Crippen molar-refractivity contribution in [2.24, 2.45) is 0 Å². The van der Waals surface area contributed by atoms with Gasteiger partial charge in [0, 0.05) is 31.3 Å². The minimum Gasteiger partial charge on any atom is -0.492 e. The number of hydrogen-bond acceptors (Lipinski definition) is 3. The number of aryl methyl sites for hydroxylation is 2. The maximum absolute atomic E-state index is 12.6. The lowest BCUT2D eigenvalue weighted by molar-refractivity contribution is -0.117. The van der Waals surface area contributed by atoms with Gasteiger partial charge in [0.2, 0.25) is 5.91 Å². The van der Waals surface area contributed by atoms with E-state index < -0.39 is 0 Å². The van der Waals surface area contributed by atoms with E-state index in [1.165, 1.54) is 0 Å². The summed E-state index contributed by atoms with van der Waals surface area (Å²) in [6.07, 6.45) is 1.49. The molecule has 1 aliphatic heterocycles. The number of likely N-dealkylation sites (N-methyl/N-ethyl adjacent to an activating group) is 1. The summed E-state index contributed by atoms with van der Waals surface area (Å²) in [5, 5.41) is 0. The van der Waals surface area contributed by atoms with Crippen LogP contribution in [0.15, 0.2) is 42.5 Å². The summed E-state index contributed by atoms with van der Waals surface area (Å²) in [4.78, 5) is 27.8. The first-order valence-electron chi connectivity index (χ1n) is 9.31. The van der Waals surface area contributed by atoms with E-state index in [4.69, 9.17) is 4.74 Å². The zero-order valence-electron chi connectivity index (χ0n) is 16.2. The number of anilines is 1. The molecule has 2 aromatic carbocycles. The molecule has 142 valence electrons. The molecule has 27 heavy (non-hydrogen) atoms. The average Bonchev–Trinajstić information content (AvgIpc) is 3.06. The van der Waals surface area contributed by atoms with Crippen LogP contribution in [-0.4, -0.2) is 43.5 Å². The quantitative estimate of drug-likeness (QED) is 0.785. The Hall–Kier alpha value is -2.82. The molecule has 2 aromatic rings. The first-order chi connectivity index (χ1) is 12.9. The van der Waals surface area contributed by atoms with Gasteiger partial charge >= 0.3 is 0 Å². The lowest BCUT2D eigenvalue weighted by Gasteiger charge is -2.19. The largest absolute Gasteiger partial charge is 0.492 e. The molecule has 0 saturated carbocycles. The molecule has 3 rings (SSSR count). The monoisotopic (exact) mass is 366 g/mol. The summed E-state index contributed by atoms with van der Waals surface area (Å²) < 4.78 is 5.78. The molecule has 1 saturated heterocycles. The van der Waals surface area contributed by atoms with Gasteiger partial charge in [0.05, 0.1) is 6.54 Å². The number of benzene rings is 2. The van der Waals surface area contributed by atoms with E-state index in [1.807, 2.05) is 38.1 Å². The Morgan fingerprint density at radius 2 is 1.78 bits per heavy atom. The third-order valence-corrected chi connectivity index (χ3v) is 4.74. The van der Waals surface area contributed by atoms with Gasteiger partial charge < -0.3 is 14.5 Å². The molecule has 0 N–H and O–H groups in total. The van der Waals surface area contributed by atoms with Crippen molar-refractivity contribution < 1.29 is 14.3 Å². The summed E-state index contributed by atoms with van der Waals surface area (Å²) in [5.74, 6) is 0.918. The smallest absolute Gasteiger partial charge is 0.253 e. The fourth-order valence-corrected chi connectivity index (χ4v) is 3.34. The molecule has 2 amide bonds. The van der Waals surface area contributed by atoms with Crippen LogP contribution in [0.25, 0.3) is 0 Å². The average molecular weight is 366 g/mol. The normalized spacial score (nSPS) is 13.7. The maximum Gasteiger partial charge on any atom is 0.253 e. The zero-order valence-corrected chi connectivity index (χ0v) is 16.2. The first kappa shape index (κ1) is 19.0. The van der Waals surface area contributed by atoms with Crippen molar-refractivity contribution in [2.75, 3.05) is 31.6 Å². The minimum atomic E-state index is -0.0571. The lowest BCUT2D eigenvalue weighted by Crippen LogP contribution is -2.31. The van der Waals surface area contributed by atoms with Gasteiger partial charge in [0.15, 0.2) is 0 Å². The molecule has 1 heterocycles. The number of nitrogens with zero attached hydrogens (tertiary/aromatic N) is 2. The van der Waals surface area contributed by atoms with Crippen molar-refractivity contribution in [1.82, 2.24) is 4.90 Å². The van der Waals surface area contributed by atoms with Crippen molar-refractivity contribution in [3.63, 3.8) is 0 Å². The highest BCUT2D eigenvalue weighted by Gasteiger charge is 2.22. The Morgan fingerprint density at radius 1 is 1.11 bits per heavy atom.